The van der Waals surface area contributed by atoms with Crippen LogP contribution in [-0.2, 0) is 0 Å². The molecule has 1 aromatic rings. The minimum atomic E-state index is -1.99. The number of halogens is 1. The van der Waals surface area contributed by atoms with Gasteiger partial charge in [-0.05, 0) is 17.2 Å². The van der Waals surface area contributed by atoms with Crippen molar-refractivity contribution in [2.24, 2.45) is 0 Å². The van der Waals surface area contributed by atoms with Gasteiger partial charge in [-0.15, -0.1) is 0 Å². The van der Waals surface area contributed by atoms with Crippen molar-refractivity contribution < 1.29 is 4.39 Å². The summed E-state index contributed by atoms with van der Waals surface area (Å²) in [5, 5.41) is 1.18. The van der Waals surface area contributed by atoms with Crippen LogP contribution < -0.4 is 5.19 Å². The lowest BCUT2D eigenvalue weighted by atomic mass is 10.2. The zero-order chi connectivity index (χ0) is 11.5. The van der Waals surface area contributed by atoms with Crippen molar-refractivity contribution in [2.75, 3.05) is 0 Å². The Morgan fingerprint density at radius 1 is 1.40 bits per heavy atom. The maximum absolute atomic E-state index is 13.9. The largest absolute Gasteiger partial charge is 0.251 e. The molecule has 1 unspecified atom stereocenters. The minimum absolute atomic E-state index is 0.602. The number of rotatable bonds is 4. The Labute approximate surface area is 92.8 Å². The van der Waals surface area contributed by atoms with Crippen LogP contribution in [0, 0.1) is 0 Å². The molecule has 0 aliphatic heterocycles. The standard InChI is InChI=1S/C13H19FSi/c1-5-11-9-7-8-10-12(11)15(3,4)13(14)6-2/h5,7-10,13H,1,6H2,2-4H3. The van der Waals surface area contributed by atoms with Gasteiger partial charge in [0.2, 0.25) is 0 Å². The van der Waals surface area contributed by atoms with Crippen LogP contribution in [0.15, 0.2) is 30.8 Å². The molecule has 15 heavy (non-hydrogen) atoms. The fourth-order valence-electron chi connectivity index (χ4n) is 1.94. The van der Waals surface area contributed by atoms with E-state index >= 15 is 0 Å². The molecule has 0 saturated heterocycles. The molecular formula is C13H19FSi. The van der Waals surface area contributed by atoms with E-state index < -0.39 is 13.9 Å². The van der Waals surface area contributed by atoms with Crippen molar-refractivity contribution in [2.45, 2.75) is 32.2 Å². The van der Waals surface area contributed by atoms with Crippen LogP contribution >= 0.6 is 0 Å². The smallest absolute Gasteiger partial charge is 0.120 e. The predicted molar refractivity (Wildman–Crippen MR) is 68.8 cm³/mol. The first-order valence-electron chi connectivity index (χ1n) is 5.40. The molecule has 0 fully saturated rings. The van der Waals surface area contributed by atoms with Gasteiger partial charge in [0.15, 0.2) is 0 Å². The van der Waals surface area contributed by atoms with E-state index in [0.29, 0.717) is 6.42 Å². The van der Waals surface area contributed by atoms with Crippen LogP contribution in [0.1, 0.15) is 18.9 Å². The molecule has 2 heteroatoms. The summed E-state index contributed by atoms with van der Waals surface area (Å²) in [6.07, 6.45) is 2.43. The minimum Gasteiger partial charge on any atom is -0.251 e. The monoisotopic (exact) mass is 222 g/mol. The van der Waals surface area contributed by atoms with Gasteiger partial charge >= 0.3 is 0 Å². The van der Waals surface area contributed by atoms with E-state index in [1.807, 2.05) is 37.3 Å². The van der Waals surface area contributed by atoms with Crippen LogP contribution in [-0.4, -0.2) is 13.9 Å². The molecule has 1 aromatic carbocycles. The maximum atomic E-state index is 13.9. The third-order valence-corrected chi connectivity index (χ3v) is 6.83. The average Bonchev–Trinajstić information content (AvgIpc) is 2.27. The molecule has 0 saturated carbocycles. The van der Waals surface area contributed by atoms with E-state index in [9.17, 15) is 4.39 Å². The molecule has 0 aromatic heterocycles. The molecule has 0 bridgehead atoms. The fraction of sp³-hybridized carbons (Fsp3) is 0.385. The molecule has 1 rings (SSSR count). The number of hydrogen-bond acceptors (Lipinski definition) is 0. The van der Waals surface area contributed by atoms with Crippen LogP contribution in [0.25, 0.3) is 6.08 Å². The SMILES string of the molecule is C=Cc1ccccc1[Si](C)(C)C(F)CC. The Balaban J connectivity index is 3.19. The van der Waals surface area contributed by atoms with Crippen LogP contribution in [0.3, 0.4) is 0 Å². The summed E-state index contributed by atoms with van der Waals surface area (Å²) < 4.78 is 13.9. The van der Waals surface area contributed by atoms with Gasteiger partial charge in [-0.3, -0.25) is 4.39 Å². The van der Waals surface area contributed by atoms with E-state index in [-0.39, 0.29) is 0 Å². The molecule has 0 N–H and O–H groups in total. The summed E-state index contributed by atoms with van der Waals surface area (Å²) in [4.78, 5) is 0. The van der Waals surface area contributed by atoms with E-state index in [2.05, 4.69) is 19.7 Å². The highest BCUT2D eigenvalue weighted by atomic mass is 28.3. The third-order valence-electron chi connectivity index (χ3n) is 3.02. The first kappa shape index (κ1) is 12.2. The second-order valence-electron chi connectivity index (χ2n) is 4.39. The lowest BCUT2D eigenvalue weighted by molar-refractivity contribution is 0.418. The fourth-order valence-corrected chi connectivity index (χ4v) is 4.75. The zero-order valence-corrected chi connectivity index (χ0v) is 10.8. The summed E-state index contributed by atoms with van der Waals surface area (Å²) in [5.41, 5.74) is 1.09. The molecule has 0 heterocycles. The first-order valence-corrected chi connectivity index (χ1v) is 8.47. The second-order valence-corrected chi connectivity index (χ2v) is 9.00. The zero-order valence-electron chi connectivity index (χ0n) is 9.76. The number of alkyl halides is 1. The molecule has 82 valence electrons. The summed E-state index contributed by atoms with van der Waals surface area (Å²) in [5.74, 6) is -0.682. The van der Waals surface area contributed by atoms with Gasteiger partial charge in [-0.1, -0.05) is 56.9 Å². The molecule has 0 spiro atoms. The topological polar surface area (TPSA) is 0 Å². The average molecular weight is 222 g/mol. The van der Waals surface area contributed by atoms with Gasteiger partial charge in [0.05, 0.1) is 5.79 Å². The number of benzene rings is 1. The molecule has 0 nitrogen and oxygen atoms in total. The summed E-state index contributed by atoms with van der Waals surface area (Å²) in [6, 6.07) is 8.02. The van der Waals surface area contributed by atoms with Gasteiger partial charge in [0.1, 0.15) is 8.07 Å². The molecule has 0 aliphatic carbocycles. The first-order chi connectivity index (χ1) is 7.04. The van der Waals surface area contributed by atoms with Gasteiger partial charge < -0.3 is 0 Å². The van der Waals surface area contributed by atoms with Crippen molar-refractivity contribution >= 4 is 19.3 Å². The second kappa shape index (κ2) is 4.75. The number of hydrogen-bond donors (Lipinski definition) is 0. The summed E-state index contributed by atoms with van der Waals surface area (Å²) >= 11 is 0. The normalized spacial score (nSPS) is 13.6. The molecular weight excluding hydrogens is 203 g/mol. The van der Waals surface area contributed by atoms with E-state index in [4.69, 9.17) is 0 Å². The Kier molecular flexibility index (Phi) is 3.86. The molecule has 0 amide bonds. The maximum Gasteiger partial charge on any atom is 0.120 e. The van der Waals surface area contributed by atoms with Gasteiger partial charge in [-0.25, -0.2) is 0 Å². The van der Waals surface area contributed by atoms with Crippen LogP contribution in [0.2, 0.25) is 13.1 Å². The van der Waals surface area contributed by atoms with Crippen molar-refractivity contribution in [1.29, 1.82) is 0 Å². The molecule has 0 radical (unpaired) electrons. The highest BCUT2D eigenvalue weighted by Crippen LogP contribution is 2.17. The summed E-state index contributed by atoms with van der Waals surface area (Å²) in [6.45, 7) is 9.88. The Hall–Kier alpha value is -0.893. The lowest BCUT2D eigenvalue weighted by Crippen LogP contribution is -2.51. The lowest BCUT2D eigenvalue weighted by Gasteiger charge is -2.28. The van der Waals surface area contributed by atoms with E-state index in [1.54, 1.807) is 0 Å². The molecule has 1 atom stereocenters. The van der Waals surface area contributed by atoms with Gasteiger partial charge in [-0.2, -0.15) is 0 Å². The van der Waals surface area contributed by atoms with Crippen molar-refractivity contribution in [3.8, 4) is 0 Å². The third kappa shape index (κ3) is 2.37. The van der Waals surface area contributed by atoms with E-state index in [1.165, 1.54) is 5.19 Å². The highest BCUT2D eigenvalue weighted by Gasteiger charge is 2.33. The van der Waals surface area contributed by atoms with Crippen LogP contribution in [0.5, 0.6) is 0 Å². The van der Waals surface area contributed by atoms with Crippen molar-refractivity contribution in [3.05, 3.63) is 36.4 Å². The van der Waals surface area contributed by atoms with E-state index in [0.717, 1.165) is 5.56 Å². The predicted octanol–water partition coefficient (Wildman–Crippen LogP) is 3.53. The van der Waals surface area contributed by atoms with Gasteiger partial charge in [0, 0.05) is 0 Å². The van der Waals surface area contributed by atoms with Crippen molar-refractivity contribution in [3.63, 3.8) is 0 Å². The highest BCUT2D eigenvalue weighted by molar-refractivity contribution is 6.91. The Bertz CT molecular complexity index is 344. The van der Waals surface area contributed by atoms with Gasteiger partial charge in [0.25, 0.3) is 0 Å². The van der Waals surface area contributed by atoms with Crippen molar-refractivity contribution in [1.82, 2.24) is 0 Å². The molecule has 0 aliphatic rings. The Morgan fingerprint density at radius 2 is 2.00 bits per heavy atom. The van der Waals surface area contributed by atoms with Crippen LogP contribution in [0.4, 0.5) is 4.39 Å². The quantitative estimate of drug-likeness (QED) is 0.684. The Morgan fingerprint density at radius 3 is 2.53 bits per heavy atom. The summed E-state index contributed by atoms with van der Waals surface area (Å²) in [7, 11) is -1.99.